The molecule has 2 amide bonds. The van der Waals surface area contributed by atoms with E-state index in [1.54, 1.807) is 10.9 Å². The molecule has 200 valence electrons. The highest BCUT2D eigenvalue weighted by Crippen LogP contribution is 2.26. The van der Waals surface area contributed by atoms with Crippen LogP contribution in [0.15, 0.2) is 96.2 Å². The van der Waals surface area contributed by atoms with E-state index in [1.165, 1.54) is 17.6 Å². The average Bonchev–Trinajstić information content (AvgIpc) is 3.65. The molecule has 40 heavy (non-hydrogen) atoms. The van der Waals surface area contributed by atoms with Crippen LogP contribution < -0.4 is 15.5 Å². The molecule has 0 aliphatic heterocycles. The highest BCUT2D eigenvalue weighted by Gasteiger charge is 2.17. The van der Waals surface area contributed by atoms with Crippen molar-refractivity contribution in [1.82, 2.24) is 25.4 Å². The summed E-state index contributed by atoms with van der Waals surface area (Å²) in [7, 11) is 0. The third-order valence-electron chi connectivity index (χ3n) is 5.61. The first-order valence-corrected chi connectivity index (χ1v) is 13.3. The maximum atomic E-state index is 12.4. The summed E-state index contributed by atoms with van der Waals surface area (Å²) in [4.78, 5) is 24.8. The number of hydrogen-bond donors (Lipinski definition) is 2. The molecular formula is C29H25N7O3S. The molecule has 2 aromatic heterocycles. The number of hydrazone groups is 1. The number of nitrogens with one attached hydrogen (secondary N) is 2. The van der Waals surface area contributed by atoms with E-state index in [9.17, 15) is 9.59 Å². The molecule has 0 bridgehead atoms. The number of nitrogens with zero attached hydrogens (tertiary/aromatic N) is 5. The van der Waals surface area contributed by atoms with Gasteiger partial charge >= 0.3 is 11.8 Å². The Balaban J connectivity index is 1.29. The second-order valence-electron chi connectivity index (χ2n) is 8.52. The molecule has 2 heterocycles. The van der Waals surface area contributed by atoms with E-state index < -0.39 is 11.8 Å². The van der Waals surface area contributed by atoms with Gasteiger partial charge in [-0.25, -0.2) is 10.1 Å². The summed E-state index contributed by atoms with van der Waals surface area (Å²) in [5.41, 5.74) is 6.13. The second-order valence-corrected chi connectivity index (χ2v) is 9.50. The minimum absolute atomic E-state index is 0.209. The minimum Gasteiger partial charge on any atom is -0.494 e. The maximum Gasteiger partial charge on any atom is 0.329 e. The van der Waals surface area contributed by atoms with Gasteiger partial charge in [0.05, 0.1) is 18.5 Å². The molecule has 0 saturated heterocycles. The Kier molecular flexibility index (Phi) is 8.32. The monoisotopic (exact) mass is 551 g/mol. The van der Waals surface area contributed by atoms with E-state index in [4.69, 9.17) is 9.84 Å². The van der Waals surface area contributed by atoms with Gasteiger partial charge in [-0.3, -0.25) is 14.9 Å². The predicted molar refractivity (Wildman–Crippen MR) is 154 cm³/mol. The van der Waals surface area contributed by atoms with Crippen molar-refractivity contribution >= 4 is 34.5 Å². The van der Waals surface area contributed by atoms with Crippen molar-refractivity contribution in [3.05, 3.63) is 96.7 Å². The topological polar surface area (TPSA) is 123 Å². The molecule has 5 aromatic rings. The number of rotatable bonds is 9. The Bertz CT molecular complexity index is 1610. The van der Waals surface area contributed by atoms with Crippen molar-refractivity contribution in [3.8, 4) is 33.3 Å². The van der Waals surface area contributed by atoms with Gasteiger partial charge in [-0.05, 0) is 42.8 Å². The Hall–Kier alpha value is -5.16. The molecular weight excluding hydrogens is 526 g/mol. The summed E-state index contributed by atoms with van der Waals surface area (Å²) in [6.45, 7) is 2.69. The molecule has 0 aliphatic carbocycles. The number of aromatic nitrogens is 4. The first-order valence-electron chi connectivity index (χ1n) is 12.5. The predicted octanol–water partition coefficient (Wildman–Crippen LogP) is 4.94. The zero-order valence-corrected chi connectivity index (χ0v) is 22.3. The van der Waals surface area contributed by atoms with Gasteiger partial charge in [0, 0.05) is 22.9 Å². The number of carbonyl (C=O) groups is 2. The molecule has 2 N–H and O–H groups in total. The van der Waals surface area contributed by atoms with Gasteiger partial charge in [0.25, 0.3) is 0 Å². The third kappa shape index (κ3) is 6.45. The van der Waals surface area contributed by atoms with Gasteiger partial charge < -0.3 is 4.74 Å². The summed E-state index contributed by atoms with van der Waals surface area (Å²) in [6, 6.07) is 26.7. The van der Waals surface area contributed by atoms with Crippen molar-refractivity contribution in [2.24, 2.45) is 5.10 Å². The summed E-state index contributed by atoms with van der Waals surface area (Å²) >= 11 is 1.17. The highest BCUT2D eigenvalue weighted by atomic mass is 32.1. The molecule has 10 nitrogen and oxygen atoms in total. The van der Waals surface area contributed by atoms with Crippen LogP contribution in [0.3, 0.4) is 0 Å². The Morgan fingerprint density at radius 2 is 1.65 bits per heavy atom. The van der Waals surface area contributed by atoms with E-state index in [1.807, 2.05) is 84.9 Å². The van der Waals surface area contributed by atoms with Crippen LogP contribution >= 0.6 is 11.3 Å². The molecule has 5 rings (SSSR count). The Labute approximate surface area is 234 Å². The first kappa shape index (κ1) is 26.4. The molecule has 0 fully saturated rings. The maximum absolute atomic E-state index is 12.4. The lowest BCUT2D eigenvalue weighted by Gasteiger charge is -2.05. The lowest BCUT2D eigenvalue weighted by molar-refractivity contribution is -0.136. The quantitative estimate of drug-likeness (QED) is 0.152. The number of amides is 2. The summed E-state index contributed by atoms with van der Waals surface area (Å²) in [5.74, 6) is -1.08. The highest BCUT2D eigenvalue weighted by molar-refractivity contribution is 7.18. The largest absolute Gasteiger partial charge is 0.494 e. The standard InChI is InChI=1S/C29H25N7O3S/c1-2-17-39-24-15-13-20(14-16-24)25-22(19-36(35-25)23-11-7-4-8-12-23)18-30-32-27(38)26(37)31-29-34-33-28(40-29)21-9-5-3-6-10-21/h3-16,18-19H,2,17H2,1H3,(H,32,38)(H,31,34,37). The molecule has 0 atom stereocenters. The Morgan fingerprint density at radius 1 is 0.925 bits per heavy atom. The van der Waals surface area contributed by atoms with Crippen molar-refractivity contribution < 1.29 is 14.3 Å². The van der Waals surface area contributed by atoms with Crippen molar-refractivity contribution in [3.63, 3.8) is 0 Å². The van der Waals surface area contributed by atoms with Crippen molar-refractivity contribution in [2.75, 3.05) is 11.9 Å². The summed E-state index contributed by atoms with van der Waals surface area (Å²) < 4.78 is 7.41. The van der Waals surface area contributed by atoms with E-state index in [-0.39, 0.29) is 5.13 Å². The summed E-state index contributed by atoms with van der Waals surface area (Å²) in [5, 5.41) is 20.0. The molecule has 0 aliphatic rings. The number of hydrogen-bond acceptors (Lipinski definition) is 8. The van der Waals surface area contributed by atoms with Crippen LogP contribution in [0, 0.1) is 0 Å². The molecule has 3 aromatic carbocycles. The van der Waals surface area contributed by atoms with E-state index in [0.29, 0.717) is 22.9 Å². The number of carbonyl (C=O) groups excluding carboxylic acids is 2. The first-order chi connectivity index (χ1) is 19.6. The van der Waals surface area contributed by atoms with E-state index >= 15 is 0 Å². The summed E-state index contributed by atoms with van der Waals surface area (Å²) in [6.07, 6.45) is 4.17. The van der Waals surface area contributed by atoms with Crippen LogP contribution in [0.4, 0.5) is 5.13 Å². The van der Waals surface area contributed by atoms with Gasteiger partial charge in [0.1, 0.15) is 16.5 Å². The van der Waals surface area contributed by atoms with Gasteiger partial charge in [0.2, 0.25) is 5.13 Å². The third-order valence-corrected chi connectivity index (χ3v) is 6.49. The normalized spacial score (nSPS) is 10.9. The lowest BCUT2D eigenvalue weighted by atomic mass is 10.1. The zero-order chi connectivity index (χ0) is 27.7. The van der Waals surface area contributed by atoms with Crippen LogP contribution in [-0.4, -0.2) is 44.6 Å². The van der Waals surface area contributed by atoms with E-state index in [0.717, 1.165) is 29.0 Å². The van der Waals surface area contributed by atoms with Gasteiger partial charge in [-0.2, -0.15) is 10.2 Å². The van der Waals surface area contributed by atoms with Crippen LogP contribution in [0.25, 0.3) is 27.5 Å². The fourth-order valence-corrected chi connectivity index (χ4v) is 4.43. The Morgan fingerprint density at radius 3 is 2.38 bits per heavy atom. The van der Waals surface area contributed by atoms with Gasteiger partial charge in [-0.15, -0.1) is 10.2 Å². The number of benzene rings is 3. The molecule has 0 radical (unpaired) electrons. The van der Waals surface area contributed by atoms with Crippen LogP contribution in [-0.2, 0) is 9.59 Å². The van der Waals surface area contributed by atoms with E-state index in [2.05, 4.69) is 33.0 Å². The zero-order valence-electron chi connectivity index (χ0n) is 21.5. The molecule has 0 spiro atoms. The second kappa shape index (κ2) is 12.6. The van der Waals surface area contributed by atoms with Gasteiger partial charge in [0.15, 0.2) is 0 Å². The van der Waals surface area contributed by atoms with Crippen molar-refractivity contribution in [1.29, 1.82) is 0 Å². The smallest absolute Gasteiger partial charge is 0.329 e. The minimum atomic E-state index is -0.942. The number of para-hydroxylation sites is 1. The average molecular weight is 552 g/mol. The van der Waals surface area contributed by atoms with Crippen LogP contribution in [0.2, 0.25) is 0 Å². The lowest BCUT2D eigenvalue weighted by Crippen LogP contribution is -2.32. The fourth-order valence-electron chi connectivity index (χ4n) is 3.68. The number of ether oxygens (including phenoxy) is 1. The molecule has 0 saturated carbocycles. The van der Waals surface area contributed by atoms with Crippen LogP contribution in [0.5, 0.6) is 5.75 Å². The number of anilines is 1. The fraction of sp³-hybridized carbons (Fsp3) is 0.103. The van der Waals surface area contributed by atoms with Gasteiger partial charge in [-0.1, -0.05) is 66.8 Å². The van der Waals surface area contributed by atoms with Crippen LogP contribution in [0.1, 0.15) is 18.9 Å². The molecule has 0 unspecified atom stereocenters. The van der Waals surface area contributed by atoms with Crippen molar-refractivity contribution in [2.45, 2.75) is 13.3 Å². The SMILES string of the molecule is CCCOc1ccc(-c2nn(-c3ccccc3)cc2C=NNC(=O)C(=O)Nc2nnc(-c3ccccc3)s2)cc1. The molecule has 11 heteroatoms.